The van der Waals surface area contributed by atoms with Crippen molar-refractivity contribution in [2.24, 2.45) is 0 Å². The second kappa shape index (κ2) is 7.17. The number of hydrogen-bond acceptors (Lipinski definition) is 1. The van der Waals surface area contributed by atoms with E-state index >= 15 is 0 Å². The third kappa shape index (κ3) is 4.58. The Bertz CT molecular complexity index is 686. The average Bonchev–Trinajstić information content (AvgIpc) is 2.51. The number of carbonyl (C=O) groups excluding carboxylic acids is 1. The molecule has 2 aromatic rings. The van der Waals surface area contributed by atoms with Crippen molar-refractivity contribution in [3.05, 3.63) is 69.7 Å². The summed E-state index contributed by atoms with van der Waals surface area (Å²) in [6.45, 7) is 0.488. The Morgan fingerprint density at radius 3 is 2.35 bits per heavy atom. The molecule has 0 radical (unpaired) electrons. The van der Waals surface area contributed by atoms with Crippen LogP contribution >= 0.6 is 15.9 Å². The average molecular weight is 386 g/mol. The van der Waals surface area contributed by atoms with Gasteiger partial charge in [-0.15, -0.1) is 0 Å². The first kappa shape index (κ1) is 17.5. The van der Waals surface area contributed by atoms with E-state index < -0.39 is 11.7 Å². The molecule has 0 aromatic heterocycles. The molecule has 2 nitrogen and oxygen atoms in total. The minimum absolute atomic E-state index is 0.132. The van der Waals surface area contributed by atoms with E-state index in [4.69, 9.17) is 0 Å². The zero-order chi connectivity index (χ0) is 17.0. The van der Waals surface area contributed by atoms with Gasteiger partial charge in [0.15, 0.2) is 0 Å². The molecule has 0 aliphatic heterocycles. The highest BCUT2D eigenvalue weighted by Gasteiger charge is 2.33. The number of halogens is 4. The molecule has 0 saturated carbocycles. The molecule has 0 aliphatic carbocycles. The molecule has 0 atom stereocenters. The van der Waals surface area contributed by atoms with Crippen LogP contribution in [0.15, 0.2) is 53.0 Å². The molecular weight excluding hydrogens is 371 g/mol. The number of likely N-dealkylation sites (N-methyl/N-ethyl adjacent to an activating group) is 1. The van der Waals surface area contributed by atoms with Crippen molar-refractivity contribution in [2.45, 2.75) is 12.6 Å². The fraction of sp³-hybridized carbons (Fsp3) is 0.235. The zero-order valence-corrected chi connectivity index (χ0v) is 14.0. The number of hydrogen-bond donors (Lipinski definition) is 0. The molecule has 0 saturated heterocycles. The highest BCUT2D eigenvalue weighted by atomic mass is 79.9. The van der Waals surface area contributed by atoms with Crippen LogP contribution in [0.5, 0.6) is 0 Å². The van der Waals surface area contributed by atoms with Crippen molar-refractivity contribution >= 4 is 21.8 Å². The number of rotatable bonds is 4. The Morgan fingerprint density at radius 1 is 1.13 bits per heavy atom. The lowest BCUT2D eigenvalue weighted by atomic mass is 10.1. The maximum absolute atomic E-state index is 12.7. The molecule has 0 N–H and O–H groups in total. The van der Waals surface area contributed by atoms with Gasteiger partial charge >= 0.3 is 6.18 Å². The van der Waals surface area contributed by atoms with Gasteiger partial charge in [0.25, 0.3) is 5.91 Å². The molecule has 1 amide bonds. The van der Waals surface area contributed by atoms with Gasteiger partial charge in [0.2, 0.25) is 0 Å². The number of carbonyl (C=O) groups is 1. The predicted octanol–water partition coefficient (Wildman–Crippen LogP) is 4.78. The largest absolute Gasteiger partial charge is 0.417 e. The SMILES string of the molecule is CN(CCc1ccccc1)C(=O)c1ccc(C(F)(F)F)c(Br)c1. The van der Waals surface area contributed by atoms with Gasteiger partial charge in [-0.25, -0.2) is 0 Å². The third-order valence-electron chi connectivity index (χ3n) is 3.45. The number of alkyl halides is 3. The molecule has 122 valence electrons. The normalized spacial score (nSPS) is 11.3. The lowest BCUT2D eigenvalue weighted by Crippen LogP contribution is -2.29. The number of nitrogens with zero attached hydrogens (tertiary/aromatic N) is 1. The van der Waals surface area contributed by atoms with Crippen LogP contribution in [0.3, 0.4) is 0 Å². The molecule has 2 rings (SSSR count). The molecule has 0 unspecified atom stereocenters. The number of benzene rings is 2. The fourth-order valence-corrected chi connectivity index (χ4v) is 2.75. The van der Waals surface area contributed by atoms with E-state index in [9.17, 15) is 18.0 Å². The Labute approximate surface area is 141 Å². The summed E-state index contributed by atoms with van der Waals surface area (Å²) in [5.74, 6) is -0.310. The van der Waals surface area contributed by atoms with Crippen LogP contribution in [0.1, 0.15) is 21.5 Å². The smallest absolute Gasteiger partial charge is 0.341 e. The summed E-state index contributed by atoms with van der Waals surface area (Å²) >= 11 is 2.89. The van der Waals surface area contributed by atoms with Crippen LogP contribution < -0.4 is 0 Å². The van der Waals surface area contributed by atoms with Gasteiger partial charge in [-0.3, -0.25) is 4.79 Å². The minimum Gasteiger partial charge on any atom is -0.341 e. The van der Waals surface area contributed by atoms with Crippen molar-refractivity contribution in [1.82, 2.24) is 4.90 Å². The summed E-state index contributed by atoms with van der Waals surface area (Å²) in [4.78, 5) is 13.8. The molecule has 23 heavy (non-hydrogen) atoms. The van der Waals surface area contributed by atoms with Gasteiger partial charge < -0.3 is 4.90 Å². The van der Waals surface area contributed by atoms with Gasteiger partial charge in [-0.1, -0.05) is 46.3 Å². The highest BCUT2D eigenvalue weighted by molar-refractivity contribution is 9.10. The Hall–Kier alpha value is -1.82. The molecule has 2 aromatic carbocycles. The summed E-state index contributed by atoms with van der Waals surface area (Å²) in [6, 6.07) is 13.0. The van der Waals surface area contributed by atoms with Gasteiger partial charge in [0.1, 0.15) is 0 Å². The van der Waals surface area contributed by atoms with E-state index in [1.807, 2.05) is 30.3 Å². The quantitative estimate of drug-likeness (QED) is 0.741. The van der Waals surface area contributed by atoms with Crippen LogP contribution in [-0.2, 0) is 12.6 Å². The second-order valence-electron chi connectivity index (χ2n) is 5.15. The molecule has 6 heteroatoms. The Balaban J connectivity index is 2.06. The van der Waals surface area contributed by atoms with E-state index in [1.165, 1.54) is 17.0 Å². The molecular formula is C17H15BrF3NO. The van der Waals surface area contributed by atoms with Crippen LogP contribution in [0.4, 0.5) is 13.2 Å². The number of amides is 1. The van der Waals surface area contributed by atoms with Crippen molar-refractivity contribution in [2.75, 3.05) is 13.6 Å². The monoisotopic (exact) mass is 385 g/mol. The zero-order valence-electron chi connectivity index (χ0n) is 12.4. The lowest BCUT2D eigenvalue weighted by molar-refractivity contribution is -0.138. The van der Waals surface area contributed by atoms with E-state index in [0.717, 1.165) is 11.6 Å². The highest BCUT2D eigenvalue weighted by Crippen LogP contribution is 2.35. The van der Waals surface area contributed by atoms with Crippen LogP contribution in [0.2, 0.25) is 0 Å². The maximum Gasteiger partial charge on any atom is 0.417 e. The van der Waals surface area contributed by atoms with Crippen LogP contribution in [0.25, 0.3) is 0 Å². The van der Waals surface area contributed by atoms with Gasteiger partial charge in [-0.05, 0) is 30.2 Å². The third-order valence-corrected chi connectivity index (χ3v) is 4.10. The first-order chi connectivity index (χ1) is 10.8. The van der Waals surface area contributed by atoms with Gasteiger partial charge in [0, 0.05) is 23.6 Å². The van der Waals surface area contributed by atoms with Crippen molar-refractivity contribution in [1.29, 1.82) is 0 Å². The molecule has 0 heterocycles. The lowest BCUT2D eigenvalue weighted by Gasteiger charge is -2.18. The Morgan fingerprint density at radius 2 is 1.78 bits per heavy atom. The molecule has 0 bridgehead atoms. The summed E-state index contributed by atoms with van der Waals surface area (Å²) in [6.07, 6.45) is -3.76. The van der Waals surface area contributed by atoms with Crippen molar-refractivity contribution in [3.8, 4) is 0 Å². The molecule has 0 aliphatic rings. The fourth-order valence-electron chi connectivity index (χ4n) is 2.14. The van der Waals surface area contributed by atoms with Gasteiger partial charge in [-0.2, -0.15) is 13.2 Å². The first-order valence-corrected chi connectivity index (χ1v) is 7.74. The van der Waals surface area contributed by atoms with E-state index in [-0.39, 0.29) is 15.9 Å². The maximum atomic E-state index is 12.7. The standard InChI is InChI=1S/C17H15BrF3NO/c1-22(10-9-12-5-3-2-4-6-12)16(23)13-7-8-14(15(18)11-13)17(19,20)21/h2-8,11H,9-10H2,1H3. The molecule has 0 fully saturated rings. The molecule has 0 spiro atoms. The van der Waals surface area contributed by atoms with Crippen molar-refractivity contribution < 1.29 is 18.0 Å². The predicted molar refractivity (Wildman–Crippen MR) is 86.3 cm³/mol. The van der Waals surface area contributed by atoms with E-state index in [1.54, 1.807) is 7.05 Å². The Kier molecular flexibility index (Phi) is 5.46. The summed E-state index contributed by atoms with van der Waals surface area (Å²) < 4.78 is 38.0. The van der Waals surface area contributed by atoms with Crippen molar-refractivity contribution in [3.63, 3.8) is 0 Å². The van der Waals surface area contributed by atoms with Gasteiger partial charge in [0.05, 0.1) is 5.56 Å². The second-order valence-corrected chi connectivity index (χ2v) is 6.01. The summed E-state index contributed by atoms with van der Waals surface area (Å²) in [5.41, 5.74) is 0.530. The van der Waals surface area contributed by atoms with E-state index in [2.05, 4.69) is 15.9 Å². The summed E-state index contributed by atoms with van der Waals surface area (Å²) in [7, 11) is 1.64. The summed E-state index contributed by atoms with van der Waals surface area (Å²) in [5, 5.41) is 0. The van der Waals surface area contributed by atoms with Crippen LogP contribution in [0, 0.1) is 0 Å². The first-order valence-electron chi connectivity index (χ1n) is 6.95. The topological polar surface area (TPSA) is 20.3 Å². The minimum atomic E-state index is -4.44. The van der Waals surface area contributed by atoms with Crippen LogP contribution in [-0.4, -0.2) is 24.4 Å². The van der Waals surface area contributed by atoms with E-state index in [0.29, 0.717) is 13.0 Å².